The van der Waals surface area contributed by atoms with Gasteiger partial charge in [-0.25, -0.2) is 4.99 Å². The van der Waals surface area contributed by atoms with E-state index in [0.717, 1.165) is 22.5 Å². The Hall–Kier alpha value is -2.30. The predicted octanol–water partition coefficient (Wildman–Crippen LogP) is 2.29. The molecule has 0 unspecified atom stereocenters. The highest BCUT2D eigenvalue weighted by Crippen LogP contribution is 2.32. The molecule has 0 spiro atoms. The van der Waals surface area contributed by atoms with Gasteiger partial charge in [-0.1, -0.05) is 0 Å². The molecular formula is C16H22N4O. The normalized spacial score (nSPS) is 16.0. The van der Waals surface area contributed by atoms with Gasteiger partial charge in [0.1, 0.15) is 5.84 Å². The van der Waals surface area contributed by atoms with E-state index in [4.69, 9.17) is 0 Å². The number of rotatable bonds is 1. The van der Waals surface area contributed by atoms with E-state index >= 15 is 0 Å². The number of amides is 1. The molecule has 1 aliphatic rings. The Morgan fingerprint density at radius 2 is 1.71 bits per heavy atom. The molecule has 5 heteroatoms. The zero-order valence-electron chi connectivity index (χ0n) is 13.5. The Morgan fingerprint density at radius 1 is 1.10 bits per heavy atom. The summed E-state index contributed by atoms with van der Waals surface area (Å²) in [5.74, 6) is 0.515. The Morgan fingerprint density at radius 3 is 2.29 bits per heavy atom. The molecule has 1 amide bonds. The summed E-state index contributed by atoms with van der Waals surface area (Å²) in [6.45, 7) is 4.07. The van der Waals surface area contributed by atoms with Crippen LogP contribution in [0.5, 0.6) is 0 Å². The monoisotopic (exact) mass is 286 g/mol. The summed E-state index contributed by atoms with van der Waals surface area (Å²) in [7, 11) is 7.56. The highest BCUT2D eigenvalue weighted by atomic mass is 16.1. The Kier molecular flexibility index (Phi) is 4.02. The number of nitrogens with zero attached hydrogens (tertiary/aromatic N) is 3. The van der Waals surface area contributed by atoms with Gasteiger partial charge < -0.3 is 15.1 Å². The molecule has 0 fully saturated rings. The third-order valence-corrected chi connectivity index (χ3v) is 3.38. The van der Waals surface area contributed by atoms with Crippen LogP contribution in [-0.4, -0.2) is 49.7 Å². The first-order valence-electron chi connectivity index (χ1n) is 6.87. The van der Waals surface area contributed by atoms with E-state index in [-0.39, 0.29) is 5.91 Å². The SMILES string of the molecule is Cc1cc2c(cc1C)NC(=O)/C(=C/N(C)C)C(N(C)C)=N2. The molecule has 1 heterocycles. The number of likely N-dealkylation sites (N-methyl/N-ethyl adjacent to an activating group) is 1. The summed E-state index contributed by atoms with van der Waals surface area (Å²) in [5, 5.41) is 2.96. The second-order valence-electron chi connectivity index (χ2n) is 5.74. The lowest BCUT2D eigenvalue weighted by Gasteiger charge is -2.17. The highest BCUT2D eigenvalue weighted by Gasteiger charge is 2.24. The van der Waals surface area contributed by atoms with Crippen molar-refractivity contribution in [2.75, 3.05) is 33.5 Å². The number of hydrogen-bond acceptors (Lipinski definition) is 4. The number of aryl methyl sites for hydroxylation is 2. The van der Waals surface area contributed by atoms with Crippen LogP contribution in [-0.2, 0) is 4.79 Å². The average Bonchev–Trinajstić information content (AvgIpc) is 2.49. The van der Waals surface area contributed by atoms with Gasteiger partial charge in [-0.2, -0.15) is 0 Å². The first-order valence-corrected chi connectivity index (χ1v) is 6.87. The molecule has 0 saturated heterocycles. The second kappa shape index (κ2) is 5.60. The number of benzene rings is 1. The number of hydrogen-bond donors (Lipinski definition) is 1. The molecule has 0 aliphatic carbocycles. The molecule has 0 atom stereocenters. The van der Waals surface area contributed by atoms with Crippen molar-refractivity contribution in [2.45, 2.75) is 13.8 Å². The second-order valence-corrected chi connectivity index (χ2v) is 5.74. The van der Waals surface area contributed by atoms with E-state index in [1.807, 2.05) is 64.0 Å². The number of nitrogens with one attached hydrogen (secondary N) is 1. The molecule has 21 heavy (non-hydrogen) atoms. The minimum atomic E-state index is -0.141. The van der Waals surface area contributed by atoms with Gasteiger partial charge in [0.2, 0.25) is 0 Å². The zero-order valence-corrected chi connectivity index (χ0v) is 13.5. The standard InChI is InChI=1S/C16H22N4O/c1-10-7-13-14(8-11(10)2)18-16(21)12(9-19(3)4)15(17-13)20(5)6/h7-9H,1-6H3,(H,18,21)/b12-9+. The van der Waals surface area contributed by atoms with Crippen LogP contribution in [0.1, 0.15) is 11.1 Å². The van der Waals surface area contributed by atoms with E-state index in [1.54, 1.807) is 6.20 Å². The van der Waals surface area contributed by atoms with Crippen molar-refractivity contribution in [3.63, 3.8) is 0 Å². The number of aliphatic imine (C=N–C) groups is 1. The van der Waals surface area contributed by atoms with Crippen molar-refractivity contribution in [3.05, 3.63) is 35.0 Å². The van der Waals surface area contributed by atoms with Crippen LogP contribution < -0.4 is 5.32 Å². The van der Waals surface area contributed by atoms with Crippen molar-refractivity contribution >= 4 is 23.1 Å². The number of amidine groups is 1. The molecule has 1 aliphatic heterocycles. The Labute approximate surface area is 126 Å². The largest absolute Gasteiger partial charge is 0.383 e. The first-order chi connectivity index (χ1) is 9.79. The van der Waals surface area contributed by atoms with Gasteiger partial charge in [0, 0.05) is 34.4 Å². The quantitative estimate of drug-likeness (QED) is 0.806. The summed E-state index contributed by atoms with van der Waals surface area (Å²) in [6.07, 6.45) is 1.79. The fourth-order valence-electron chi connectivity index (χ4n) is 2.17. The van der Waals surface area contributed by atoms with Crippen molar-refractivity contribution in [3.8, 4) is 0 Å². The van der Waals surface area contributed by atoms with Crippen molar-refractivity contribution in [2.24, 2.45) is 4.99 Å². The number of anilines is 1. The van der Waals surface area contributed by atoms with E-state index in [2.05, 4.69) is 10.3 Å². The van der Waals surface area contributed by atoms with Gasteiger partial charge in [0.05, 0.1) is 16.9 Å². The molecule has 5 nitrogen and oxygen atoms in total. The molecule has 2 rings (SSSR count). The predicted molar refractivity (Wildman–Crippen MR) is 87.1 cm³/mol. The van der Waals surface area contributed by atoms with E-state index < -0.39 is 0 Å². The molecular weight excluding hydrogens is 264 g/mol. The van der Waals surface area contributed by atoms with Crippen LogP contribution in [0.4, 0.5) is 11.4 Å². The van der Waals surface area contributed by atoms with Crippen LogP contribution in [0.25, 0.3) is 0 Å². The lowest BCUT2D eigenvalue weighted by molar-refractivity contribution is -0.112. The molecule has 112 valence electrons. The van der Waals surface area contributed by atoms with E-state index in [1.165, 1.54) is 0 Å². The first kappa shape index (κ1) is 15.1. The molecule has 1 aromatic rings. The van der Waals surface area contributed by atoms with Gasteiger partial charge in [-0.15, -0.1) is 0 Å². The highest BCUT2D eigenvalue weighted by molar-refractivity contribution is 6.26. The third-order valence-electron chi connectivity index (χ3n) is 3.38. The smallest absolute Gasteiger partial charge is 0.260 e. The molecule has 1 aromatic carbocycles. The van der Waals surface area contributed by atoms with Gasteiger partial charge in [0.25, 0.3) is 5.91 Å². The van der Waals surface area contributed by atoms with Crippen molar-refractivity contribution < 1.29 is 4.79 Å². The van der Waals surface area contributed by atoms with Gasteiger partial charge in [-0.3, -0.25) is 4.79 Å². The maximum atomic E-state index is 12.5. The maximum Gasteiger partial charge on any atom is 0.260 e. The fourth-order valence-corrected chi connectivity index (χ4v) is 2.17. The van der Waals surface area contributed by atoms with Gasteiger partial charge in [-0.05, 0) is 37.1 Å². The summed E-state index contributed by atoms with van der Waals surface area (Å²) < 4.78 is 0. The molecule has 1 N–H and O–H groups in total. The van der Waals surface area contributed by atoms with Crippen LogP contribution in [0.3, 0.4) is 0 Å². The summed E-state index contributed by atoms with van der Waals surface area (Å²) >= 11 is 0. The molecule has 0 saturated carbocycles. The van der Waals surface area contributed by atoms with E-state index in [9.17, 15) is 4.79 Å². The van der Waals surface area contributed by atoms with Gasteiger partial charge >= 0.3 is 0 Å². The van der Waals surface area contributed by atoms with Crippen molar-refractivity contribution in [1.29, 1.82) is 0 Å². The summed E-state index contributed by atoms with van der Waals surface area (Å²) in [6, 6.07) is 3.98. The maximum absolute atomic E-state index is 12.5. The Balaban J connectivity index is 2.65. The minimum Gasteiger partial charge on any atom is -0.383 e. The van der Waals surface area contributed by atoms with Crippen LogP contribution in [0.2, 0.25) is 0 Å². The lowest BCUT2D eigenvalue weighted by atomic mass is 10.1. The number of fused-ring (bicyclic) bond motifs is 1. The fraction of sp³-hybridized carbons (Fsp3) is 0.375. The topological polar surface area (TPSA) is 47.9 Å². The lowest BCUT2D eigenvalue weighted by Crippen LogP contribution is -2.30. The minimum absolute atomic E-state index is 0.141. The summed E-state index contributed by atoms with van der Waals surface area (Å²) in [5.41, 5.74) is 4.39. The van der Waals surface area contributed by atoms with E-state index in [0.29, 0.717) is 11.4 Å². The van der Waals surface area contributed by atoms with Crippen LogP contribution in [0.15, 0.2) is 28.9 Å². The van der Waals surface area contributed by atoms with Gasteiger partial charge in [0.15, 0.2) is 0 Å². The zero-order chi connectivity index (χ0) is 15.7. The van der Waals surface area contributed by atoms with Crippen LogP contribution in [0, 0.1) is 13.8 Å². The molecule has 0 aromatic heterocycles. The number of carbonyl (C=O) groups excluding carboxylic acids is 1. The average molecular weight is 286 g/mol. The summed E-state index contributed by atoms with van der Waals surface area (Å²) in [4.78, 5) is 20.9. The number of carbonyl (C=O) groups is 1. The molecule has 0 bridgehead atoms. The Bertz CT molecular complexity index is 642. The third kappa shape index (κ3) is 3.07. The van der Waals surface area contributed by atoms with Crippen molar-refractivity contribution in [1.82, 2.24) is 9.80 Å². The molecule has 0 radical (unpaired) electrons. The van der Waals surface area contributed by atoms with Crippen LogP contribution >= 0.6 is 0 Å².